The number of carbonyl (C=O) groups is 1. The first-order valence-electron chi connectivity index (χ1n) is 8.65. The molecule has 7 heteroatoms. The molecule has 0 saturated carbocycles. The Morgan fingerprint density at radius 1 is 1.40 bits per heavy atom. The second kappa shape index (κ2) is 7.81. The molecule has 25 heavy (non-hydrogen) atoms. The number of likely N-dealkylation sites (tertiary alicyclic amines) is 1. The van der Waals surface area contributed by atoms with Crippen LogP contribution in [0.2, 0.25) is 5.02 Å². The molecule has 6 nitrogen and oxygen atoms in total. The highest BCUT2D eigenvalue weighted by Gasteiger charge is 2.37. The lowest BCUT2D eigenvalue weighted by atomic mass is 9.79. The maximum absolute atomic E-state index is 10.7. The molecule has 0 aliphatic carbocycles. The third kappa shape index (κ3) is 4.37. The number of hydrogen-bond donors (Lipinski definition) is 2. The van der Waals surface area contributed by atoms with Crippen LogP contribution in [0.5, 0.6) is 11.5 Å². The van der Waals surface area contributed by atoms with Crippen LogP contribution < -0.4 is 14.8 Å². The smallest absolute Gasteiger partial charge is 0.341 e. The summed E-state index contributed by atoms with van der Waals surface area (Å²) in [5, 5.41) is 12.8. The summed E-state index contributed by atoms with van der Waals surface area (Å²) in [5.41, 5.74) is 1.38. The number of ether oxygens (including phenoxy) is 2. The molecule has 2 saturated heterocycles. The lowest BCUT2D eigenvalue weighted by Gasteiger charge is -2.40. The Balaban J connectivity index is 1.72. The van der Waals surface area contributed by atoms with Gasteiger partial charge in [0.05, 0.1) is 7.11 Å². The van der Waals surface area contributed by atoms with Gasteiger partial charge in [-0.25, -0.2) is 4.79 Å². The van der Waals surface area contributed by atoms with Crippen LogP contribution in [-0.4, -0.2) is 55.9 Å². The van der Waals surface area contributed by atoms with Gasteiger partial charge in [0.2, 0.25) is 0 Å². The monoisotopic (exact) mass is 368 g/mol. The Kier molecular flexibility index (Phi) is 5.71. The highest BCUT2D eigenvalue weighted by atomic mass is 35.5. The Morgan fingerprint density at radius 3 is 2.92 bits per heavy atom. The van der Waals surface area contributed by atoms with Crippen molar-refractivity contribution in [1.29, 1.82) is 0 Å². The van der Waals surface area contributed by atoms with Gasteiger partial charge in [-0.05, 0) is 49.4 Å². The van der Waals surface area contributed by atoms with Gasteiger partial charge in [0.25, 0.3) is 0 Å². The normalized spacial score (nSPS) is 23.8. The number of nitrogens with one attached hydrogen (secondary N) is 1. The SMILES string of the molecule is COc1cc(CN2CCC[C@@]3(CCNC3)C2)c(Cl)cc1OCC(=O)O. The van der Waals surface area contributed by atoms with Gasteiger partial charge in [0.1, 0.15) is 0 Å². The summed E-state index contributed by atoms with van der Waals surface area (Å²) >= 11 is 6.42. The molecule has 1 aromatic carbocycles. The number of halogens is 1. The van der Waals surface area contributed by atoms with Crippen molar-refractivity contribution >= 4 is 17.6 Å². The zero-order valence-corrected chi connectivity index (χ0v) is 15.3. The number of nitrogens with zero attached hydrogens (tertiary/aromatic N) is 1. The Morgan fingerprint density at radius 2 is 2.24 bits per heavy atom. The number of carboxylic acid groups (broad SMARTS) is 1. The lowest BCUT2D eigenvalue weighted by Crippen LogP contribution is -2.44. The van der Waals surface area contributed by atoms with E-state index in [9.17, 15) is 4.79 Å². The third-order valence-corrected chi connectivity index (χ3v) is 5.50. The highest BCUT2D eigenvalue weighted by Crippen LogP contribution is 2.38. The van der Waals surface area contributed by atoms with Crippen molar-refractivity contribution in [3.05, 3.63) is 22.7 Å². The van der Waals surface area contributed by atoms with Gasteiger partial charge in [-0.15, -0.1) is 0 Å². The lowest BCUT2D eigenvalue weighted by molar-refractivity contribution is -0.139. The molecular weight excluding hydrogens is 344 g/mol. The topological polar surface area (TPSA) is 71.0 Å². The van der Waals surface area contributed by atoms with E-state index in [0.29, 0.717) is 21.9 Å². The van der Waals surface area contributed by atoms with Crippen molar-refractivity contribution in [1.82, 2.24) is 10.2 Å². The second-order valence-corrected chi connectivity index (χ2v) is 7.43. The van der Waals surface area contributed by atoms with E-state index in [1.807, 2.05) is 6.07 Å². The van der Waals surface area contributed by atoms with Gasteiger partial charge < -0.3 is 19.9 Å². The first-order valence-corrected chi connectivity index (χ1v) is 9.03. The molecule has 0 unspecified atom stereocenters. The molecule has 2 aliphatic heterocycles. The number of hydrogen-bond acceptors (Lipinski definition) is 5. The molecule has 0 radical (unpaired) electrons. The molecule has 0 amide bonds. The van der Waals surface area contributed by atoms with E-state index in [0.717, 1.165) is 38.3 Å². The molecule has 2 N–H and O–H groups in total. The number of rotatable bonds is 6. The van der Waals surface area contributed by atoms with Crippen LogP contribution in [0.3, 0.4) is 0 Å². The number of aliphatic carboxylic acids is 1. The Bertz CT molecular complexity index is 632. The van der Waals surface area contributed by atoms with Gasteiger partial charge in [-0.1, -0.05) is 11.6 Å². The summed E-state index contributed by atoms with van der Waals surface area (Å²) in [6, 6.07) is 3.50. The zero-order chi connectivity index (χ0) is 17.9. The van der Waals surface area contributed by atoms with Gasteiger partial charge in [-0.3, -0.25) is 4.90 Å². The summed E-state index contributed by atoms with van der Waals surface area (Å²) < 4.78 is 10.6. The van der Waals surface area contributed by atoms with E-state index >= 15 is 0 Å². The molecule has 1 atom stereocenters. The van der Waals surface area contributed by atoms with E-state index in [-0.39, 0.29) is 0 Å². The van der Waals surface area contributed by atoms with Crippen molar-refractivity contribution in [2.45, 2.75) is 25.8 Å². The minimum atomic E-state index is -1.04. The minimum absolute atomic E-state index is 0.355. The summed E-state index contributed by atoms with van der Waals surface area (Å²) in [6.07, 6.45) is 3.73. The van der Waals surface area contributed by atoms with E-state index in [2.05, 4.69) is 10.2 Å². The van der Waals surface area contributed by atoms with Crippen LogP contribution in [0.4, 0.5) is 0 Å². The van der Waals surface area contributed by atoms with Crippen molar-refractivity contribution in [3.63, 3.8) is 0 Å². The van der Waals surface area contributed by atoms with E-state index in [4.69, 9.17) is 26.2 Å². The summed E-state index contributed by atoms with van der Waals surface area (Å²) in [6.45, 7) is 4.69. The molecule has 1 spiro atoms. The second-order valence-electron chi connectivity index (χ2n) is 7.02. The molecule has 0 aromatic heterocycles. The van der Waals surface area contributed by atoms with Gasteiger partial charge in [0, 0.05) is 30.7 Å². The van der Waals surface area contributed by atoms with Crippen molar-refractivity contribution in [3.8, 4) is 11.5 Å². The number of piperidine rings is 1. The van der Waals surface area contributed by atoms with Crippen LogP contribution in [0.15, 0.2) is 12.1 Å². The van der Waals surface area contributed by atoms with Crippen LogP contribution in [0.25, 0.3) is 0 Å². The third-order valence-electron chi connectivity index (χ3n) is 5.15. The van der Waals surface area contributed by atoms with Crippen molar-refractivity contribution < 1.29 is 19.4 Å². The maximum Gasteiger partial charge on any atom is 0.341 e. The number of benzene rings is 1. The fraction of sp³-hybridized carbons (Fsp3) is 0.611. The van der Waals surface area contributed by atoms with Crippen LogP contribution >= 0.6 is 11.6 Å². The number of methoxy groups -OCH3 is 1. The maximum atomic E-state index is 10.7. The molecule has 3 rings (SSSR count). The quantitative estimate of drug-likeness (QED) is 0.803. The van der Waals surface area contributed by atoms with Gasteiger partial charge in [0.15, 0.2) is 18.1 Å². The average Bonchev–Trinajstić information content (AvgIpc) is 3.02. The van der Waals surface area contributed by atoms with Crippen LogP contribution in [0.1, 0.15) is 24.8 Å². The predicted octanol–water partition coefficient (Wildman–Crippen LogP) is 2.39. The fourth-order valence-corrected chi connectivity index (χ4v) is 4.15. The first-order chi connectivity index (χ1) is 12.0. The van der Waals surface area contributed by atoms with Crippen molar-refractivity contribution in [2.24, 2.45) is 5.41 Å². The molecule has 2 heterocycles. The largest absolute Gasteiger partial charge is 0.493 e. The fourth-order valence-electron chi connectivity index (χ4n) is 3.94. The zero-order valence-electron chi connectivity index (χ0n) is 14.5. The Labute approximate surface area is 153 Å². The van der Waals surface area contributed by atoms with E-state index in [1.165, 1.54) is 19.3 Å². The molecule has 2 fully saturated rings. The molecule has 2 aliphatic rings. The Hall–Kier alpha value is -1.50. The summed E-state index contributed by atoms with van der Waals surface area (Å²) in [5.74, 6) is -0.172. The van der Waals surface area contributed by atoms with E-state index in [1.54, 1.807) is 13.2 Å². The highest BCUT2D eigenvalue weighted by molar-refractivity contribution is 6.31. The van der Waals surface area contributed by atoms with E-state index < -0.39 is 12.6 Å². The standard InChI is InChI=1S/C18H25ClN2O4/c1-24-15-7-13(14(19)8-16(15)25-10-17(22)23)9-21-6-2-3-18(12-21)4-5-20-11-18/h7-8,20H,2-6,9-12H2,1H3,(H,22,23)/t18-/m0/s1. The first kappa shape index (κ1) is 18.3. The molecule has 0 bridgehead atoms. The number of carboxylic acids is 1. The minimum Gasteiger partial charge on any atom is -0.493 e. The molecule has 1 aromatic rings. The predicted molar refractivity (Wildman–Crippen MR) is 95.6 cm³/mol. The summed E-state index contributed by atoms with van der Waals surface area (Å²) in [7, 11) is 1.54. The van der Waals surface area contributed by atoms with Crippen molar-refractivity contribution in [2.75, 3.05) is 39.9 Å². The molecule has 138 valence electrons. The molecular formula is C18H25ClN2O4. The summed E-state index contributed by atoms with van der Waals surface area (Å²) in [4.78, 5) is 13.2. The van der Waals surface area contributed by atoms with Crippen LogP contribution in [-0.2, 0) is 11.3 Å². The average molecular weight is 369 g/mol. The van der Waals surface area contributed by atoms with Gasteiger partial charge in [-0.2, -0.15) is 0 Å². The van der Waals surface area contributed by atoms with Gasteiger partial charge >= 0.3 is 5.97 Å². The van der Waals surface area contributed by atoms with Crippen LogP contribution in [0, 0.1) is 5.41 Å².